The van der Waals surface area contributed by atoms with Gasteiger partial charge in [-0.2, -0.15) is 12.7 Å². The van der Waals surface area contributed by atoms with Crippen LogP contribution in [0.4, 0.5) is 0 Å². The van der Waals surface area contributed by atoms with E-state index in [9.17, 15) is 22.8 Å². The minimum atomic E-state index is -3.99. The van der Waals surface area contributed by atoms with Gasteiger partial charge in [0.25, 0.3) is 5.91 Å². The lowest BCUT2D eigenvalue weighted by Crippen LogP contribution is -2.47. The predicted molar refractivity (Wildman–Crippen MR) is 167 cm³/mol. The Morgan fingerprint density at radius 3 is 2.39 bits per heavy atom. The van der Waals surface area contributed by atoms with E-state index in [1.54, 1.807) is 33.3 Å². The molecule has 6 rings (SSSR count). The molecule has 0 unspecified atom stereocenters. The van der Waals surface area contributed by atoms with E-state index < -0.39 is 33.5 Å². The van der Waals surface area contributed by atoms with Gasteiger partial charge >= 0.3 is 22.0 Å². The molecule has 44 heavy (non-hydrogen) atoms. The van der Waals surface area contributed by atoms with Crippen LogP contribution in [0.15, 0.2) is 36.4 Å². The first-order valence-electron chi connectivity index (χ1n) is 15.0. The molecule has 0 bridgehead atoms. The van der Waals surface area contributed by atoms with Crippen molar-refractivity contribution < 1.29 is 27.5 Å². The fourth-order valence-corrected chi connectivity index (χ4v) is 7.58. The molecule has 12 heteroatoms. The molecule has 1 aromatic heterocycles. The van der Waals surface area contributed by atoms with Gasteiger partial charge in [0, 0.05) is 62.7 Å². The molecule has 0 spiro atoms. The van der Waals surface area contributed by atoms with Gasteiger partial charge in [-0.3, -0.25) is 14.4 Å². The number of carbonyl (C=O) groups excluding carboxylic acids is 3. The first-order chi connectivity index (χ1) is 20.9. The van der Waals surface area contributed by atoms with E-state index in [0.29, 0.717) is 24.6 Å². The molecule has 3 amide bonds. The zero-order valence-electron chi connectivity index (χ0n) is 25.8. The largest absolute Gasteiger partial charge is 0.497 e. The fourth-order valence-electron chi connectivity index (χ4n) is 7.05. The number of hydrogen-bond acceptors (Lipinski definition) is 6. The Hall–Kier alpha value is -3.90. The standard InChI is InChI=1S/C32H39N5O6S/c1-35(2)31(40)30(39)33-32-17-25(32)24-16-21(43-5)12-14-22(24)28-27(19-9-7-6-8-10-19)23-13-11-20(15-26(23)37(28)18-32)29(38)34-44(41,42)36(3)4/h11-16,19,25H,6-10,17-18H2,1-5H3,(H,33,39)(H,34,38)/t25-,32-/m0/s1. The van der Waals surface area contributed by atoms with Gasteiger partial charge in [0.1, 0.15) is 5.75 Å². The van der Waals surface area contributed by atoms with Crippen molar-refractivity contribution in [2.75, 3.05) is 35.3 Å². The lowest BCUT2D eigenvalue weighted by atomic mass is 9.81. The number of methoxy groups -OCH3 is 1. The number of rotatable bonds is 6. The molecule has 2 heterocycles. The minimum Gasteiger partial charge on any atom is -0.497 e. The average molecular weight is 622 g/mol. The van der Waals surface area contributed by atoms with Gasteiger partial charge in [0.05, 0.1) is 18.3 Å². The van der Waals surface area contributed by atoms with Crippen LogP contribution >= 0.6 is 0 Å². The number of aromatic nitrogens is 1. The monoisotopic (exact) mass is 621 g/mol. The minimum absolute atomic E-state index is 0.0441. The fraction of sp³-hybridized carbons (Fsp3) is 0.469. The number of carbonyl (C=O) groups is 3. The summed E-state index contributed by atoms with van der Waals surface area (Å²) in [7, 11) is 3.45. The third kappa shape index (κ3) is 5.03. The SMILES string of the molecule is COc1ccc2c(c1)[C@@H]1C[C@]1(NC(=O)C(=O)N(C)C)Cn1c-2c(C2CCCCC2)c2ccc(C(=O)NS(=O)(=O)N(C)C)cc21. The zero-order valence-corrected chi connectivity index (χ0v) is 26.6. The smallest absolute Gasteiger partial charge is 0.311 e. The van der Waals surface area contributed by atoms with E-state index >= 15 is 0 Å². The van der Waals surface area contributed by atoms with Gasteiger partial charge in [-0.25, -0.2) is 4.72 Å². The normalized spacial score (nSPS) is 21.1. The molecular formula is C32H39N5O6S. The Labute approximate surface area is 257 Å². The molecule has 2 atom stereocenters. The summed E-state index contributed by atoms with van der Waals surface area (Å²) in [5.41, 5.74) is 4.63. The van der Waals surface area contributed by atoms with Crippen LogP contribution in [-0.2, 0) is 26.3 Å². The second-order valence-electron chi connectivity index (χ2n) is 12.7. The Bertz CT molecular complexity index is 1790. The van der Waals surface area contributed by atoms with Crippen molar-refractivity contribution in [1.82, 2.24) is 23.8 Å². The quantitative estimate of drug-likeness (QED) is 0.406. The molecule has 11 nitrogen and oxygen atoms in total. The highest BCUT2D eigenvalue weighted by atomic mass is 32.2. The Kier molecular flexibility index (Phi) is 7.48. The van der Waals surface area contributed by atoms with Crippen LogP contribution in [0.25, 0.3) is 22.2 Å². The highest BCUT2D eigenvalue weighted by Gasteiger charge is 2.59. The molecule has 2 aromatic carbocycles. The van der Waals surface area contributed by atoms with Crippen molar-refractivity contribution in [2.45, 2.75) is 62.4 Å². The third-order valence-corrected chi connectivity index (χ3v) is 10.9. The maximum absolute atomic E-state index is 13.2. The van der Waals surface area contributed by atoms with E-state index in [2.05, 4.69) is 20.7 Å². The molecule has 2 fully saturated rings. The summed E-state index contributed by atoms with van der Waals surface area (Å²) in [4.78, 5) is 40.3. The topological polar surface area (TPSA) is 130 Å². The average Bonchev–Trinajstić information content (AvgIpc) is 3.63. The summed E-state index contributed by atoms with van der Waals surface area (Å²) < 4.78 is 35.8. The van der Waals surface area contributed by atoms with Gasteiger partial charge in [0.2, 0.25) is 0 Å². The molecule has 2 saturated carbocycles. The van der Waals surface area contributed by atoms with Crippen molar-refractivity contribution in [1.29, 1.82) is 0 Å². The van der Waals surface area contributed by atoms with Gasteiger partial charge in [-0.1, -0.05) is 25.3 Å². The summed E-state index contributed by atoms with van der Waals surface area (Å²) in [6, 6.07) is 11.4. The van der Waals surface area contributed by atoms with Gasteiger partial charge < -0.3 is 19.5 Å². The second-order valence-corrected chi connectivity index (χ2v) is 14.5. The van der Waals surface area contributed by atoms with E-state index in [-0.39, 0.29) is 11.5 Å². The predicted octanol–water partition coefficient (Wildman–Crippen LogP) is 3.34. The Balaban J connectivity index is 1.57. The first kappa shape index (κ1) is 30.1. The maximum Gasteiger partial charge on any atom is 0.311 e. The summed E-state index contributed by atoms with van der Waals surface area (Å²) in [5, 5.41) is 4.09. The van der Waals surface area contributed by atoms with E-state index in [1.165, 1.54) is 31.0 Å². The van der Waals surface area contributed by atoms with Crippen LogP contribution < -0.4 is 14.8 Å². The molecule has 1 aliphatic heterocycles. The van der Waals surface area contributed by atoms with Gasteiger partial charge in [-0.15, -0.1) is 0 Å². The van der Waals surface area contributed by atoms with Crippen LogP contribution in [0.3, 0.4) is 0 Å². The molecule has 3 aliphatic rings. The van der Waals surface area contributed by atoms with Crippen molar-refractivity contribution >= 4 is 38.8 Å². The van der Waals surface area contributed by atoms with Crippen LogP contribution in [0, 0.1) is 0 Å². The van der Waals surface area contributed by atoms with Crippen molar-refractivity contribution in [3.05, 3.63) is 53.1 Å². The van der Waals surface area contributed by atoms with E-state index in [4.69, 9.17) is 4.74 Å². The van der Waals surface area contributed by atoms with Crippen molar-refractivity contribution in [3.63, 3.8) is 0 Å². The van der Waals surface area contributed by atoms with E-state index in [1.807, 2.05) is 18.2 Å². The number of nitrogens with one attached hydrogen (secondary N) is 2. The molecule has 2 N–H and O–H groups in total. The molecule has 3 aromatic rings. The Morgan fingerprint density at radius 2 is 1.73 bits per heavy atom. The second kappa shape index (κ2) is 10.9. The van der Waals surface area contributed by atoms with Gasteiger partial charge in [0.15, 0.2) is 0 Å². The molecule has 2 aliphatic carbocycles. The van der Waals surface area contributed by atoms with Crippen LogP contribution in [0.5, 0.6) is 5.75 Å². The van der Waals surface area contributed by atoms with Crippen LogP contribution in [0.2, 0.25) is 0 Å². The van der Waals surface area contributed by atoms with Crippen molar-refractivity contribution in [3.8, 4) is 17.0 Å². The van der Waals surface area contributed by atoms with Gasteiger partial charge in [-0.05, 0) is 66.6 Å². The summed E-state index contributed by atoms with van der Waals surface area (Å²) in [6.07, 6.45) is 6.18. The number of fused-ring (bicyclic) bond motifs is 7. The Morgan fingerprint density at radius 1 is 1.00 bits per heavy atom. The number of nitrogens with zero attached hydrogens (tertiary/aromatic N) is 3. The first-order valence-corrected chi connectivity index (χ1v) is 16.4. The number of hydrogen-bond donors (Lipinski definition) is 2. The lowest BCUT2D eigenvalue weighted by molar-refractivity contribution is -0.144. The lowest BCUT2D eigenvalue weighted by Gasteiger charge is -2.24. The highest BCUT2D eigenvalue weighted by Crippen LogP contribution is 2.59. The van der Waals surface area contributed by atoms with E-state index in [0.717, 1.165) is 57.7 Å². The number of ether oxygens (including phenoxy) is 1. The third-order valence-electron chi connectivity index (χ3n) is 9.45. The number of likely N-dealkylation sites (N-methyl/N-ethyl adjacent to an activating group) is 1. The maximum atomic E-state index is 13.2. The summed E-state index contributed by atoms with van der Waals surface area (Å²) in [5.74, 6) is -1.04. The molecule has 234 valence electrons. The van der Waals surface area contributed by atoms with Crippen LogP contribution in [0.1, 0.15) is 71.8 Å². The molecular weight excluding hydrogens is 582 g/mol. The summed E-state index contributed by atoms with van der Waals surface area (Å²) >= 11 is 0. The molecule has 0 saturated heterocycles. The molecule has 0 radical (unpaired) electrons. The number of benzene rings is 2. The summed E-state index contributed by atoms with van der Waals surface area (Å²) in [6.45, 7) is 0.390. The highest BCUT2D eigenvalue weighted by molar-refractivity contribution is 7.87. The van der Waals surface area contributed by atoms with Crippen molar-refractivity contribution in [2.24, 2.45) is 0 Å². The zero-order chi connectivity index (χ0) is 31.6. The number of amides is 3. The van der Waals surface area contributed by atoms with Crippen LogP contribution in [-0.4, -0.2) is 80.8 Å².